The largest absolute Gasteiger partial charge is 0.416 e. The number of hydrogen-bond donors (Lipinski definition) is 3. The second kappa shape index (κ2) is 12.7. The number of amidine groups is 1. The van der Waals surface area contributed by atoms with E-state index in [1.807, 2.05) is 13.0 Å². The molecule has 0 saturated heterocycles. The molecule has 3 atom stereocenters. The zero-order valence-corrected chi connectivity index (χ0v) is 24.1. The lowest BCUT2D eigenvalue weighted by molar-refractivity contribution is -0.143. The van der Waals surface area contributed by atoms with Crippen LogP contribution in [0.25, 0.3) is 0 Å². The Morgan fingerprint density at radius 2 is 1.67 bits per heavy atom. The highest BCUT2D eigenvalue weighted by molar-refractivity contribution is 6.40. The van der Waals surface area contributed by atoms with E-state index in [0.717, 1.165) is 0 Å². The lowest BCUT2D eigenvalue weighted by atomic mass is 9.77. The van der Waals surface area contributed by atoms with Crippen molar-refractivity contribution < 1.29 is 35.9 Å². The molecule has 6 nitrogen and oxygen atoms in total. The van der Waals surface area contributed by atoms with E-state index in [9.17, 15) is 35.9 Å². The summed E-state index contributed by atoms with van der Waals surface area (Å²) in [6.45, 7) is 2.29. The Balaban J connectivity index is 1.58. The number of alkyl halides is 6. The van der Waals surface area contributed by atoms with E-state index in [0.29, 0.717) is 51.9 Å². The van der Waals surface area contributed by atoms with Gasteiger partial charge in [-0.15, -0.1) is 0 Å². The maximum absolute atomic E-state index is 13.4. The van der Waals surface area contributed by atoms with Gasteiger partial charge in [0.1, 0.15) is 5.84 Å². The molecule has 0 aromatic heterocycles. The quantitative estimate of drug-likeness (QED) is 0.299. The van der Waals surface area contributed by atoms with Gasteiger partial charge >= 0.3 is 12.4 Å². The fourth-order valence-corrected chi connectivity index (χ4v) is 5.52. The van der Waals surface area contributed by atoms with Crippen molar-refractivity contribution in [2.45, 2.75) is 32.1 Å². The number of halogens is 8. The lowest BCUT2D eigenvalue weighted by Gasteiger charge is -2.31. The van der Waals surface area contributed by atoms with Crippen molar-refractivity contribution in [2.75, 3.05) is 18.4 Å². The van der Waals surface area contributed by atoms with E-state index in [2.05, 4.69) is 15.6 Å². The Morgan fingerprint density at radius 1 is 1.02 bits per heavy atom. The standard InChI is InChI=1S/C29H26Cl2F6N4O2/c1-14-20(4-5-23(30)24(14)31)21(6-8-38)27(43)40-19-3-2-15-7-9-39-25(22(15)13-19)41-26(42)16-10-17(28(32,33)34)12-18(11-16)29(35,36)37/h2-5,10-14,20-21H,6-9,38H2,1H3,(H,40,43)(H,39,41,42). The second-order valence-electron chi connectivity index (χ2n) is 10.2. The van der Waals surface area contributed by atoms with Crippen LogP contribution in [0.5, 0.6) is 0 Å². The number of carbonyl (C=O) groups is 2. The fourth-order valence-electron chi connectivity index (χ4n) is 5.06. The summed E-state index contributed by atoms with van der Waals surface area (Å²) in [5.41, 5.74) is 3.12. The van der Waals surface area contributed by atoms with Crippen LogP contribution in [0.2, 0.25) is 0 Å². The van der Waals surface area contributed by atoms with Crippen LogP contribution in [0.1, 0.15) is 46.0 Å². The molecule has 1 aliphatic carbocycles. The molecular formula is C29H26Cl2F6N4O2. The third kappa shape index (κ3) is 7.42. The summed E-state index contributed by atoms with van der Waals surface area (Å²) >= 11 is 12.5. The van der Waals surface area contributed by atoms with E-state index < -0.39 is 40.9 Å². The second-order valence-corrected chi connectivity index (χ2v) is 11.0. The van der Waals surface area contributed by atoms with Crippen molar-refractivity contribution in [3.63, 3.8) is 0 Å². The Morgan fingerprint density at radius 3 is 2.28 bits per heavy atom. The highest BCUT2D eigenvalue weighted by Crippen LogP contribution is 2.40. The van der Waals surface area contributed by atoms with Crippen LogP contribution in [0, 0.1) is 17.8 Å². The number of hydrogen-bond acceptors (Lipinski definition) is 4. The molecule has 2 amide bonds. The number of allylic oxidation sites excluding steroid dienone is 4. The number of anilines is 1. The molecule has 0 radical (unpaired) electrons. The first-order valence-electron chi connectivity index (χ1n) is 13.1. The molecule has 2 aromatic rings. The SMILES string of the molecule is CC1C(Cl)=C(Cl)C=CC1C(CCN)C(=O)Nc1ccc2c(c1)C(NC(=O)c1cc(C(F)(F)F)cc(C(F)(F)F)c1)=NCC2. The monoisotopic (exact) mass is 646 g/mol. The highest BCUT2D eigenvalue weighted by Gasteiger charge is 2.38. The van der Waals surface area contributed by atoms with E-state index in [4.69, 9.17) is 28.9 Å². The Hall–Kier alpha value is -3.35. The first-order valence-corrected chi connectivity index (χ1v) is 13.9. The summed E-state index contributed by atoms with van der Waals surface area (Å²) in [6.07, 6.45) is -5.98. The van der Waals surface area contributed by atoms with Gasteiger partial charge < -0.3 is 16.4 Å². The van der Waals surface area contributed by atoms with Gasteiger partial charge in [-0.3, -0.25) is 14.6 Å². The van der Waals surface area contributed by atoms with Crippen molar-refractivity contribution in [3.05, 3.63) is 86.4 Å². The number of carbonyl (C=O) groups excluding carboxylic acids is 2. The van der Waals surface area contributed by atoms with Gasteiger partial charge in [-0.1, -0.05) is 42.3 Å². The predicted molar refractivity (Wildman–Crippen MR) is 152 cm³/mol. The first kappa shape index (κ1) is 32.6. The molecule has 1 heterocycles. The summed E-state index contributed by atoms with van der Waals surface area (Å²) in [5.74, 6) is -2.71. The molecule has 230 valence electrons. The molecule has 3 unspecified atom stereocenters. The van der Waals surface area contributed by atoms with Crippen LogP contribution in [0.3, 0.4) is 0 Å². The average Bonchev–Trinajstić information content (AvgIpc) is 2.94. The minimum atomic E-state index is -5.11. The lowest BCUT2D eigenvalue weighted by Crippen LogP contribution is -2.35. The number of nitrogens with one attached hydrogen (secondary N) is 2. The van der Waals surface area contributed by atoms with Gasteiger partial charge in [0.2, 0.25) is 5.91 Å². The number of amides is 2. The Kier molecular flexibility index (Phi) is 9.63. The van der Waals surface area contributed by atoms with Crippen molar-refractivity contribution >= 4 is 46.5 Å². The van der Waals surface area contributed by atoms with Crippen LogP contribution in [0.4, 0.5) is 32.0 Å². The maximum atomic E-state index is 13.4. The molecular weight excluding hydrogens is 621 g/mol. The molecule has 4 N–H and O–H groups in total. The van der Waals surface area contributed by atoms with E-state index in [-0.39, 0.29) is 42.7 Å². The van der Waals surface area contributed by atoms with Crippen molar-refractivity contribution in [1.82, 2.24) is 5.32 Å². The van der Waals surface area contributed by atoms with E-state index in [1.54, 1.807) is 18.2 Å². The first-order chi connectivity index (χ1) is 20.1. The molecule has 1 aliphatic heterocycles. The van der Waals surface area contributed by atoms with E-state index in [1.165, 1.54) is 6.07 Å². The normalized spacial score (nSPS) is 19.4. The van der Waals surface area contributed by atoms with E-state index >= 15 is 0 Å². The van der Waals surface area contributed by atoms with Crippen molar-refractivity contribution in [2.24, 2.45) is 28.5 Å². The third-order valence-corrected chi connectivity index (χ3v) is 8.29. The third-order valence-electron chi connectivity index (χ3n) is 7.31. The molecule has 0 saturated carbocycles. The average molecular weight is 647 g/mol. The molecule has 0 spiro atoms. The van der Waals surface area contributed by atoms with Crippen LogP contribution in [0.15, 0.2) is 63.6 Å². The van der Waals surface area contributed by atoms with Gasteiger partial charge in [0.25, 0.3) is 5.91 Å². The van der Waals surface area contributed by atoms with Gasteiger partial charge in [-0.25, -0.2) is 0 Å². The van der Waals surface area contributed by atoms with Gasteiger partial charge in [-0.05, 0) is 67.3 Å². The Bertz CT molecular complexity index is 1490. The molecule has 2 aromatic carbocycles. The summed E-state index contributed by atoms with van der Waals surface area (Å²) in [7, 11) is 0. The van der Waals surface area contributed by atoms with Crippen LogP contribution < -0.4 is 16.4 Å². The number of nitrogens with zero attached hydrogens (tertiary/aromatic N) is 1. The maximum Gasteiger partial charge on any atom is 0.416 e. The topological polar surface area (TPSA) is 96.6 Å². The Labute approximate surface area is 253 Å². The number of aliphatic imine (C=N–C) groups is 1. The summed E-state index contributed by atoms with van der Waals surface area (Å²) < 4.78 is 79.8. The molecule has 43 heavy (non-hydrogen) atoms. The summed E-state index contributed by atoms with van der Waals surface area (Å²) in [4.78, 5) is 30.6. The van der Waals surface area contributed by atoms with Crippen molar-refractivity contribution in [1.29, 1.82) is 0 Å². The predicted octanol–water partition coefficient (Wildman–Crippen LogP) is 6.87. The number of rotatable bonds is 6. The number of fused-ring (bicyclic) bond motifs is 1. The van der Waals surface area contributed by atoms with Gasteiger partial charge in [0, 0.05) is 40.2 Å². The highest BCUT2D eigenvalue weighted by atomic mass is 35.5. The smallest absolute Gasteiger partial charge is 0.330 e. The zero-order chi connectivity index (χ0) is 31.7. The molecule has 0 fully saturated rings. The van der Waals surface area contributed by atoms with Gasteiger partial charge in [0.05, 0.1) is 16.2 Å². The summed E-state index contributed by atoms with van der Waals surface area (Å²) in [5, 5.41) is 6.00. The minimum Gasteiger partial charge on any atom is -0.330 e. The van der Waals surface area contributed by atoms with Crippen LogP contribution in [-0.2, 0) is 23.6 Å². The molecule has 14 heteroatoms. The fraction of sp³-hybridized carbons (Fsp3) is 0.345. The minimum absolute atomic E-state index is 0.0535. The van der Waals surface area contributed by atoms with Gasteiger partial charge in [-0.2, -0.15) is 26.3 Å². The number of benzene rings is 2. The van der Waals surface area contributed by atoms with Crippen LogP contribution >= 0.6 is 23.2 Å². The van der Waals surface area contributed by atoms with Gasteiger partial charge in [0.15, 0.2) is 0 Å². The van der Waals surface area contributed by atoms with Crippen LogP contribution in [-0.4, -0.2) is 30.7 Å². The summed E-state index contributed by atoms with van der Waals surface area (Å²) in [6, 6.07) is 5.50. The zero-order valence-electron chi connectivity index (χ0n) is 22.5. The molecule has 2 aliphatic rings. The molecule has 0 bridgehead atoms. The molecule has 4 rings (SSSR count). The van der Waals surface area contributed by atoms with Crippen molar-refractivity contribution in [3.8, 4) is 0 Å². The number of nitrogens with two attached hydrogens (primary N) is 1.